The molecule has 9 N–H and O–H groups in total. The predicted octanol–water partition coefficient (Wildman–Crippen LogP) is -1.38. The van der Waals surface area contributed by atoms with Gasteiger partial charge in [0.25, 0.3) is 11.8 Å². The number of hydrogen-bond acceptors (Lipinski definition) is 15. The van der Waals surface area contributed by atoms with Gasteiger partial charge in [-0.3, -0.25) is 14.5 Å². The van der Waals surface area contributed by atoms with Gasteiger partial charge in [0.05, 0.1) is 13.1 Å². The zero-order chi connectivity index (χ0) is 30.2. The van der Waals surface area contributed by atoms with Gasteiger partial charge in [-0.1, -0.05) is 10.1 Å². The highest BCUT2D eigenvalue weighted by molar-refractivity contribution is 8.01. The Hall–Kier alpha value is -4.17. The average Bonchev–Trinajstić information content (AvgIpc) is 3.33. The number of nitrogens with one attached hydrogen (secondary N) is 1. The van der Waals surface area contributed by atoms with Crippen molar-refractivity contribution in [3.05, 3.63) is 23.2 Å². The zero-order valence-corrected chi connectivity index (χ0v) is 24.2. The van der Waals surface area contributed by atoms with Gasteiger partial charge in [0.1, 0.15) is 17.1 Å². The summed E-state index contributed by atoms with van der Waals surface area (Å²) in [5.74, 6) is -3.47. The highest BCUT2D eigenvalue weighted by Gasteiger charge is 2.54. The monoisotopic (exact) mass is 625 g/mol. The van der Waals surface area contributed by atoms with Crippen LogP contribution >= 0.6 is 35.1 Å². The molecule has 1 unspecified atom stereocenters. The standard InChI is InChI=1S/C21H24N10O7S3/c1-21(2,18(36)37)38-28-10(13-27-19(24)41-29-13)14(32)26-11-15(33)31-12(17(34)35)7(5-39-16(11)31)6-40-20-25-8(22)4-9(23)30(20)3/h4,11,16H,5-6H2,1-3H3,(H8,22,23,24,26,27,29,32,34,35,36,37)/p+1/b28-10-/t11?,16-/m1/s1. The van der Waals surface area contributed by atoms with Gasteiger partial charge in [-0.05, 0) is 31.2 Å². The normalized spacial score (nSPS) is 19.0. The number of amides is 2. The molecule has 17 nitrogen and oxygen atoms in total. The van der Waals surface area contributed by atoms with E-state index in [0.717, 1.165) is 16.4 Å². The van der Waals surface area contributed by atoms with E-state index in [2.05, 4.69) is 24.8 Å². The molecule has 0 bridgehead atoms. The van der Waals surface area contributed by atoms with Crippen LogP contribution in [0.15, 0.2) is 27.6 Å². The third-order valence-corrected chi connectivity index (χ3v) is 8.85. The third-order valence-electron chi connectivity index (χ3n) is 5.86. The van der Waals surface area contributed by atoms with Gasteiger partial charge in [0.15, 0.2) is 5.13 Å². The number of nitrogens with zero attached hydrogens (tertiary/aromatic N) is 6. The molecule has 2 aromatic heterocycles. The van der Waals surface area contributed by atoms with Crippen LogP contribution in [0.3, 0.4) is 0 Å². The summed E-state index contributed by atoms with van der Waals surface area (Å²) in [5, 5.41) is 25.2. The van der Waals surface area contributed by atoms with E-state index in [4.69, 9.17) is 22.0 Å². The molecular weight excluding hydrogens is 600 g/mol. The Balaban J connectivity index is 1.53. The van der Waals surface area contributed by atoms with Crippen molar-refractivity contribution < 1.29 is 38.8 Å². The lowest BCUT2D eigenvalue weighted by Gasteiger charge is -2.49. The summed E-state index contributed by atoms with van der Waals surface area (Å²) in [5.41, 5.74) is 15.3. The van der Waals surface area contributed by atoms with Crippen molar-refractivity contribution >= 4 is 81.3 Å². The summed E-state index contributed by atoms with van der Waals surface area (Å²) in [6, 6.07) is 0.382. The lowest BCUT2D eigenvalue weighted by Crippen LogP contribution is -2.71. The number of fused-ring (bicyclic) bond motifs is 1. The molecule has 0 radical (unpaired) electrons. The molecule has 218 valence electrons. The average molecular weight is 626 g/mol. The van der Waals surface area contributed by atoms with Crippen LogP contribution in [0.2, 0.25) is 0 Å². The van der Waals surface area contributed by atoms with Gasteiger partial charge in [-0.2, -0.15) is 9.36 Å². The molecule has 2 aromatic rings. The first-order valence-electron chi connectivity index (χ1n) is 11.6. The SMILES string of the molecule is C[n+]1c(N)cc(N)nc1SCC1=C(C(=O)O)N2C(=O)C(NC(=O)/C(=N\OC(C)(C)C(=O)O)c3nsc(N)n3)[C@H]2SC1. The molecule has 2 aliphatic rings. The van der Waals surface area contributed by atoms with Crippen LogP contribution in [0.25, 0.3) is 0 Å². The highest BCUT2D eigenvalue weighted by Crippen LogP contribution is 2.41. The van der Waals surface area contributed by atoms with E-state index in [1.165, 1.54) is 43.4 Å². The second-order valence-electron chi connectivity index (χ2n) is 9.16. The smallest absolute Gasteiger partial charge is 0.352 e. The Morgan fingerprint density at radius 3 is 2.61 bits per heavy atom. The Morgan fingerprint density at radius 2 is 2.00 bits per heavy atom. The maximum atomic E-state index is 13.2. The molecule has 4 rings (SSSR count). The molecule has 41 heavy (non-hydrogen) atoms. The number of hydrogen-bond donors (Lipinski definition) is 6. The number of carbonyl (C=O) groups excluding carboxylic acids is 2. The van der Waals surface area contributed by atoms with Crippen molar-refractivity contribution in [3.8, 4) is 0 Å². The summed E-state index contributed by atoms with van der Waals surface area (Å²) in [4.78, 5) is 64.2. The predicted molar refractivity (Wildman–Crippen MR) is 148 cm³/mol. The van der Waals surface area contributed by atoms with E-state index in [9.17, 15) is 29.4 Å². The number of carbonyl (C=O) groups is 4. The largest absolute Gasteiger partial charge is 0.478 e. The fraction of sp³-hybridized carbons (Fsp3) is 0.381. The van der Waals surface area contributed by atoms with Crippen molar-refractivity contribution in [1.29, 1.82) is 0 Å². The fourth-order valence-corrected chi connectivity index (χ4v) is 6.50. The van der Waals surface area contributed by atoms with Crippen LogP contribution in [0.1, 0.15) is 19.7 Å². The van der Waals surface area contributed by atoms with Crippen molar-refractivity contribution in [2.45, 2.75) is 36.0 Å². The fourth-order valence-electron chi connectivity index (χ4n) is 3.58. The first-order chi connectivity index (χ1) is 19.2. The number of β-lactam (4-membered cyclic amide) rings is 1. The number of nitrogens with two attached hydrogens (primary N) is 3. The van der Waals surface area contributed by atoms with E-state index in [1.807, 2.05) is 0 Å². The Bertz CT molecular complexity index is 1510. The summed E-state index contributed by atoms with van der Waals surface area (Å²) in [7, 11) is 1.69. The third kappa shape index (κ3) is 5.98. The van der Waals surface area contributed by atoms with E-state index >= 15 is 0 Å². The topological polar surface area (TPSA) is 266 Å². The number of aromatic nitrogens is 4. The summed E-state index contributed by atoms with van der Waals surface area (Å²) >= 11 is 3.23. The summed E-state index contributed by atoms with van der Waals surface area (Å²) < 4.78 is 5.52. The number of oxime groups is 1. The zero-order valence-electron chi connectivity index (χ0n) is 21.7. The number of nitrogen functional groups attached to an aromatic ring is 3. The first-order valence-corrected chi connectivity index (χ1v) is 14.4. The molecular formula is C21H25N10O7S3+. The lowest BCUT2D eigenvalue weighted by atomic mass is 10.0. The Labute approximate surface area is 244 Å². The number of thioether (sulfide) groups is 2. The Kier molecular flexibility index (Phi) is 8.27. The number of anilines is 3. The Morgan fingerprint density at radius 1 is 1.29 bits per heavy atom. The van der Waals surface area contributed by atoms with Crippen molar-refractivity contribution in [3.63, 3.8) is 0 Å². The summed E-state index contributed by atoms with van der Waals surface area (Å²) in [6.45, 7) is 2.44. The van der Waals surface area contributed by atoms with E-state index in [0.29, 0.717) is 16.5 Å². The van der Waals surface area contributed by atoms with Gasteiger partial charge < -0.3 is 37.6 Å². The molecule has 2 amide bonds. The van der Waals surface area contributed by atoms with Gasteiger partial charge >= 0.3 is 17.1 Å². The maximum absolute atomic E-state index is 13.2. The van der Waals surface area contributed by atoms with Crippen molar-refractivity contribution in [2.24, 2.45) is 12.2 Å². The molecule has 0 aliphatic carbocycles. The number of carboxylic acids is 2. The van der Waals surface area contributed by atoms with Crippen LogP contribution < -0.4 is 27.1 Å². The van der Waals surface area contributed by atoms with Gasteiger partial charge in [0, 0.05) is 23.0 Å². The molecule has 0 aromatic carbocycles. The molecule has 0 spiro atoms. The number of rotatable bonds is 10. The lowest BCUT2D eigenvalue weighted by molar-refractivity contribution is -0.698. The first kappa shape index (κ1) is 29.8. The van der Waals surface area contributed by atoms with Gasteiger partial charge in [-0.15, -0.1) is 11.8 Å². The molecule has 2 aliphatic heterocycles. The molecule has 20 heteroatoms. The van der Waals surface area contributed by atoms with E-state index < -0.39 is 46.5 Å². The van der Waals surface area contributed by atoms with Crippen LogP contribution in [-0.4, -0.2) is 87.4 Å². The van der Waals surface area contributed by atoms with Crippen LogP contribution in [-0.2, 0) is 31.1 Å². The molecule has 4 heterocycles. The molecule has 1 fully saturated rings. The molecule has 1 saturated heterocycles. The number of aliphatic carboxylic acids is 2. The van der Waals surface area contributed by atoms with Crippen molar-refractivity contribution in [2.75, 3.05) is 28.7 Å². The quantitative estimate of drug-likeness (QED) is 0.0443. The minimum Gasteiger partial charge on any atom is -0.478 e. The molecule has 0 saturated carbocycles. The minimum absolute atomic E-state index is 0.0121. The maximum Gasteiger partial charge on any atom is 0.352 e. The summed E-state index contributed by atoms with van der Waals surface area (Å²) in [6.07, 6.45) is 0. The van der Waals surface area contributed by atoms with Gasteiger partial charge in [0.2, 0.25) is 28.8 Å². The number of carboxylic acid groups (broad SMARTS) is 2. The van der Waals surface area contributed by atoms with Gasteiger partial charge in [-0.25, -0.2) is 14.2 Å². The second-order valence-corrected chi connectivity index (χ2v) is 12.0. The second kappa shape index (κ2) is 11.4. The van der Waals surface area contributed by atoms with E-state index in [-0.39, 0.29) is 34.0 Å². The van der Waals surface area contributed by atoms with E-state index in [1.54, 1.807) is 11.6 Å². The van der Waals surface area contributed by atoms with Crippen LogP contribution in [0, 0.1) is 0 Å². The van der Waals surface area contributed by atoms with Crippen molar-refractivity contribution in [1.82, 2.24) is 24.6 Å². The van der Waals surface area contributed by atoms with Crippen LogP contribution in [0.5, 0.6) is 0 Å². The highest BCUT2D eigenvalue weighted by atomic mass is 32.2. The molecule has 2 atom stereocenters. The van der Waals surface area contributed by atoms with Crippen LogP contribution in [0.4, 0.5) is 16.8 Å². The minimum atomic E-state index is -1.80.